The van der Waals surface area contributed by atoms with Gasteiger partial charge in [0, 0.05) is 48.9 Å². The van der Waals surface area contributed by atoms with E-state index < -0.39 is 0 Å². The van der Waals surface area contributed by atoms with E-state index in [1.165, 1.54) is 64.3 Å². The van der Waals surface area contributed by atoms with E-state index in [1.807, 2.05) is 11.3 Å². The van der Waals surface area contributed by atoms with Crippen LogP contribution in [0.25, 0.3) is 86.1 Å². The van der Waals surface area contributed by atoms with E-state index in [0.29, 0.717) is 0 Å². The molecule has 7 aromatic carbocycles. The highest BCUT2D eigenvalue weighted by Gasteiger charge is 2.17. The van der Waals surface area contributed by atoms with Crippen molar-refractivity contribution in [1.82, 2.24) is 9.97 Å². The molecule has 2 heterocycles. The molecular formula is C40H24N2S. The van der Waals surface area contributed by atoms with Crippen LogP contribution in [0.1, 0.15) is 0 Å². The molecule has 0 unspecified atom stereocenters. The fourth-order valence-electron chi connectivity index (χ4n) is 6.68. The van der Waals surface area contributed by atoms with Crippen molar-refractivity contribution in [2.24, 2.45) is 0 Å². The molecule has 0 aliphatic heterocycles. The molecule has 0 aliphatic carbocycles. The fourth-order valence-corrected chi connectivity index (χ4v) is 7.91. The Morgan fingerprint density at radius 2 is 0.907 bits per heavy atom. The first-order chi connectivity index (χ1) is 21.3. The van der Waals surface area contributed by atoms with Crippen molar-refractivity contribution in [3.05, 3.63) is 146 Å². The monoisotopic (exact) mass is 564 g/mol. The van der Waals surface area contributed by atoms with Crippen LogP contribution < -0.4 is 0 Å². The SMILES string of the molecule is c1ccc(-c2ccccc2-c2cccc3c2sc2ccccc23)c(-c2ccc3c(c2)c2ccccc2c2nccnc32)c1. The Hall–Kier alpha value is -5.38. The maximum Gasteiger partial charge on any atom is 0.0971 e. The summed E-state index contributed by atoms with van der Waals surface area (Å²) in [6.07, 6.45) is 3.57. The van der Waals surface area contributed by atoms with Crippen molar-refractivity contribution in [3.8, 4) is 33.4 Å². The van der Waals surface area contributed by atoms with Crippen LogP contribution in [0.4, 0.5) is 0 Å². The molecule has 0 saturated carbocycles. The quantitative estimate of drug-likeness (QED) is 0.199. The lowest BCUT2D eigenvalue weighted by Crippen LogP contribution is -1.91. The number of aromatic nitrogens is 2. The van der Waals surface area contributed by atoms with Crippen LogP contribution in [0.3, 0.4) is 0 Å². The van der Waals surface area contributed by atoms with E-state index in [4.69, 9.17) is 9.97 Å². The highest BCUT2D eigenvalue weighted by atomic mass is 32.1. The third-order valence-corrected chi connectivity index (χ3v) is 9.81. The maximum absolute atomic E-state index is 4.75. The predicted molar refractivity (Wildman–Crippen MR) is 184 cm³/mol. The molecule has 0 fully saturated rings. The molecular weight excluding hydrogens is 541 g/mol. The lowest BCUT2D eigenvalue weighted by molar-refractivity contribution is 1.31. The summed E-state index contributed by atoms with van der Waals surface area (Å²) in [6.45, 7) is 0. The standard InChI is InChI=1S/C40H24N2S/c1-2-11-27(28-12-3-4-13-29(28)34-17-9-18-35-31-15-7-8-19-37(31)43-40(34)35)26(10-1)25-20-21-33-36(24-25)30-14-5-6-16-32(30)38-39(33)42-23-22-41-38/h1-24H. The van der Waals surface area contributed by atoms with Crippen LogP contribution in [0.2, 0.25) is 0 Å². The lowest BCUT2D eigenvalue weighted by atomic mass is 9.88. The van der Waals surface area contributed by atoms with Gasteiger partial charge in [0.2, 0.25) is 0 Å². The number of hydrogen-bond donors (Lipinski definition) is 0. The number of hydrogen-bond acceptors (Lipinski definition) is 3. The highest BCUT2D eigenvalue weighted by Crippen LogP contribution is 2.45. The third-order valence-electron chi connectivity index (χ3n) is 8.60. The van der Waals surface area contributed by atoms with E-state index in [-0.39, 0.29) is 0 Å². The minimum Gasteiger partial charge on any atom is -0.252 e. The molecule has 0 bridgehead atoms. The van der Waals surface area contributed by atoms with Gasteiger partial charge in [0.1, 0.15) is 0 Å². The number of rotatable bonds is 3. The molecule has 0 N–H and O–H groups in total. The van der Waals surface area contributed by atoms with Gasteiger partial charge < -0.3 is 0 Å². The van der Waals surface area contributed by atoms with Crippen molar-refractivity contribution in [2.75, 3.05) is 0 Å². The number of nitrogens with zero attached hydrogens (tertiary/aromatic N) is 2. The van der Waals surface area contributed by atoms with Gasteiger partial charge in [-0.1, -0.05) is 121 Å². The molecule has 0 radical (unpaired) electrons. The summed E-state index contributed by atoms with van der Waals surface area (Å²) < 4.78 is 2.65. The van der Waals surface area contributed by atoms with Crippen molar-refractivity contribution >= 4 is 64.1 Å². The van der Waals surface area contributed by atoms with Gasteiger partial charge in [-0.25, -0.2) is 0 Å². The van der Waals surface area contributed by atoms with E-state index in [1.54, 1.807) is 12.4 Å². The van der Waals surface area contributed by atoms with Crippen LogP contribution in [-0.2, 0) is 0 Å². The average molecular weight is 565 g/mol. The first kappa shape index (κ1) is 24.2. The maximum atomic E-state index is 4.75. The van der Waals surface area contributed by atoms with Gasteiger partial charge in [-0.2, -0.15) is 0 Å². The summed E-state index contributed by atoms with van der Waals surface area (Å²) in [5.41, 5.74) is 9.27. The Morgan fingerprint density at radius 1 is 0.372 bits per heavy atom. The van der Waals surface area contributed by atoms with Gasteiger partial charge in [-0.15, -0.1) is 11.3 Å². The summed E-state index contributed by atoms with van der Waals surface area (Å²) in [7, 11) is 0. The largest absolute Gasteiger partial charge is 0.252 e. The molecule has 0 spiro atoms. The third kappa shape index (κ3) is 3.72. The number of thiophene rings is 1. The second-order valence-corrected chi connectivity index (χ2v) is 12.0. The Morgan fingerprint density at radius 3 is 1.67 bits per heavy atom. The van der Waals surface area contributed by atoms with E-state index in [9.17, 15) is 0 Å². The van der Waals surface area contributed by atoms with Crippen molar-refractivity contribution in [1.29, 1.82) is 0 Å². The molecule has 2 aromatic heterocycles. The molecule has 200 valence electrons. The van der Waals surface area contributed by atoms with Crippen molar-refractivity contribution in [2.45, 2.75) is 0 Å². The van der Waals surface area contributed by atoms with Crippen molar-refractivity contribution < 1.29 is 0 Å². The van der Waals surface area contributed by atoms with Crippen LogP contribution >= 0.6 is 11.3 Å². The minimum absolute atomic E-state index is 0.942. The Bertz CT molecular complexity index is 2490. The topological polar surface area (TPSA) is 25.8 Å². The van der Waals surface area contributed by atoms with E-state index >= 15 is 0 Å². The smallest absolute Gasteiger partial charge is 0.0971 e. The number of benzene rings is 7. The summed E-state index contributed by atoms with van der Waals surface area (Å²) >= 11 is 1.88. The Kier molecular flexibility index (Phi) is 5.40. The van der Waals surface area contributed by atoms with Gasteiger partial charge >= 0.3 is 0 Å². The van der Waals surface area contributed by atoms with E-state index in [0.717, 1.165) is 21.8 Å². The minimum atomic E-state index is 0.942. The second kappa shape index (κ2) is 9.59. The van der Waals surface area contributed by atoms with Gasteiger partial charge in [0.15, 0.2) is 0 Å². The zero-order chi connectivity index (χ0) is 28.3. The zero-order valence-corrected chi connectivity index (χ0v) is 24.0. The van der Waals surface area contributed by atoms with Crippen LogP contribution in [-0.4, -0.2) is 9.97 Å². The first-order valence-corrected chi connectivity index (χ1v) is 15.3. The Labute approximate surface area is 252 Å². The van der Waals surface area contributed by atoms with Gasteiger partial charge in [0.25, 0.3) is 0 Å². The first-order valence-electron chi connectivity index (χ1n) is 14.5. The molecule has 9 aromatic rings. The van der Waals surface area contributed by atoms with Gasteiger partial charge in [-0.3, -0.25) is 9.97 Å². The van der Waals surface area contributed by atoms with Crippen molar-refractivity contribution in [3.63, 3.8) is 0 Å². The summed E-state index contributed by atoms with van der Waals surface area (Å²) in [6, 6.07) is 48.4. The van der Waals surface area contributed by atoms with Crippen LogP contribution in [0.15, 0.2) is 146 Å². The second-order valence-electron chi connectivity index (χ2n) is 10.9. The van der Waals surface area contributed by atoms with Gasteiger partial charge in [-0.05, 0) is 50.7 Å². The van der Waals surface area contributed by atoms with Crippen LogP contribution in [0, 0.1) is 0 Å². The van der Waals surface area contributed by atoms with Gasteiger partial charge in [0.05, 0.1) is 11.0 Å². The van der Waals surface area contributed by atoms with E-state index in [2.05, 4.69) is 133 Å². The lowest BCUT2D eigenvalue weighted by Gasteiger charge is -2.16. The number of fused-ring (bicyclic) bond motifs is 9. The molecule has 0 saturated heterocycles. The molecule has 0 atom stereocenters. The molecule has 43 heavy (non-hydrogen) atoms. The predicted octanol–water partition coefficient (Wildman–Crippen LogP) is 11.3. The molecule has 0 aliphatic rings. The summed E-state index contributed by atoms with van der Waals surface area (Å²) in [5, 5.41) is 7.28. The molecule has 9 rings (SSSR count). The summed E-state index contributed by atoms with van der Waals surface area (Å²) in [5.74, 6) is 0. The Balaban J connectivity index is 1.28. The zero-order valence-electron chi connectivity index (χ0n) is 23.2. The molecule has 2 nitrogen and oxygen atoms in total. The average Bonchev–Trinajstić information content (AvgIpc) is 3.47. The normalized spacial score (nSPS) is 11.7. The highest BCUT2D eigenvalue weighted by molar-refractivity contribution is 7.26. The molecule has 0 amide bonds. The summed E-state index contributed by atoms with van der Waals surface area (Å²) in [4.78, 5) is 9.46. The van der Waals surface area contributed by atoms with Crippen LogP contribution in [0.5, 0.6) is 0 Å². The molecule has 3 heteroatoms. The fraction of sp³-hybridized carbons (Fsp3) is 0.